The quantitative estimate of drug-likeness (QED) is 0.700. The number of amides is 2. The van der Waals surface area contributed by atoms with E-state index < -0.39 is 22.0 Å². The molecular weight excluding hydrogens is 402 g/mol. The Morgan fingerprint density at radius 1 is 1.36 bits per heavy atom. The van der Waals surface area contributed by atoms with Gasteiger partial charge in [0.1, 0.15) is 16.0 Å². The second-order valence-electron chi connectivity index (χ2n) is 6.66. The summed E-state index contributed by atoms with van der Waals surface area (Å²) in [6, 6.07) is 6.00. The summed E-state index contributed by atoms with van der Waals surface area (Å²) in [6.45, 7) is 2.34. The summed E-state index contributed by atoms with van der Waals surface area (Å²) in [5, 5.41) is 7.09. The smallest absolute Gasteiger partial charge is 0.252 e. The van der Waals surface area contributed by atoms with Gasteiger partial charge in [-0.05, 0) is 43.3 Å². The van der Waals surface area contributed by atoms with Gasteiger partial charge in [0.25, 0.3) is 10.0 Å². The minimum atomic E-state index is -3.58. The number of thiophene rings is 1. The molecule has 2 aromatic rings. The number of furan rings is 1. The lowest BCUT2D eigenvalue weighted by Crippen LogP contribution is -2.50. The standard InChI is InChI=1S/C18H23N3O5S2/c1-13(17(22)19-11-15-6-3-9-26-15)20-18(23)14-5-2-8-21(12-14)28(24,25)16-7-4-10-27-16/h3-4,6-7,9-10,13-14H,2,5,8,11-12H2,1H3,(H,19,22)(H,20,23). The fraction of sp³-hybridized carbons (Fsp3) is 0.444. The molecule has 0 bridgehead atoms. The number of piperidine rings is 1. The van der Waals surface area contributed by atoms with Crippen molar-refractivity contribution in [3.63, 3.8) is 0 Å². The molecule has 0 spiro atoms. The Hall–Kier alpha value is -2.17. The number of carbonyl (C=O) groups is 2. The van der Waals surface area contributed by atoms with E-state index in [4.69, 9.17) is 4.42 Å². The van der Waals surface area contributed by atoms with Crippen molar-refractivity contribution < 1.29 is 22.4 Å². The average Bonchev–Trinajstić information content (AvgIpc) is 3.40. The van der Waals surface area contributed by atoms with Gasteiger partial charge in [0.05, 0.1) is 18.7 Å². The van der Waals surface area contributed by atoms with Crippen LogP contribution < -0.4 is 10.6 Å². The maximum atomic E-state index is 12.7. The molecule has 0 aromatic carbocycles. The van der Waals surface area contributed by atoms with Crippen molar-refractivity contribution in [3.8, 4) is 0 Å². The first-order chi connectivity index (χ1) is 13.4. The highest BCUT2D eigenvalue weighted by Gasteiger charge is 2.34. The number of hydrogen-bond acceptors (Lipinski definition) is 6. The molecule has 28 heavy (non-hydrogen) atoms. The van der Waals surface area contributed by atoms with E-state index in [-0.39, 0.29) is 29.1 Å². The predicted molar refractivity (Wildman–Crippen MR) is 104 cm³/mol. The molecule has 0 radical (unpaired) electrons. The van der Waals surface area contributed by atoms with E-state index in [0.29, 0.717) is 25.1 Å². The normalized spacial score (nSPS) is 19.1. The fourth-order valence-electron chi connectivity index (χ4n) is 3.05. The molecular formula is C18H23N3O5S2. The summed E-state index contributed by atoms with van der Waals surface area (Å²) in [7, 11) is -3.58. The molecule has 2 N–H and O–H groups in total. The summed E-state index contributed by atoms with van der Waals surface area (Å²) in [5.41, 5.74) is 0. The van der Waals surface area contributed by atoms with Crippen molar-refractivity contribution in [2.45, 2.75) is 36.6 Å². The molecule has 3 heterocycles. The van der Waals surface area contributed by atoms with Gasteiger partial charge in [-0.25, -0.2) is 8.42 Å². The van der Waals surface area contributed by atoms with Crippen molar-refractivity contribution in [1.82, 2.24) is 14.9 Å². The number of nitrogens with one attached hydrogen (secondary N) is 2. The Bertz CT molecular complexity index is 894. The molecule has 1 aliphatic heterocycles. The minimum Gasteiger partial charge on any atom is -0.467 e. The van der Waals surface area contributed by atoms with Gasteiger partial charge in [0, 0.05) is 13.1 Å². The van der Waals surface area contributed by atoms with Gasteiger partial charge in [0.15, 0.2) is 0 Å². The molecule has 0 saturated carbocycles. The Kier molecular flexibility index (Phi) is 6.53. The molecule has 10 heteroatoms. The lowest BCUT2D eigenvalue weighted by Gasteiger charge is -2.31. The highest BCUT2D eigenvalue weighted by atomic mass is 32.2. The van der Waals surface area contributed by atoms with E-state index in [1.54, 1.807) is 36.6 Å². The summed E-state index contributed by atoms with van der Waals surface area (Å²) in [4.78, 5) is 24.7. The van der Waals surface area contributed by atoms with Crippen LogP contribution in [0.4, 0.5) is 0 Å². The highest BCUT2D eigenvalue weighted by molar-refractivity contribution is 7.91. The van der Waals surface area contributed by atoms with Crippen LogP contribution >= 0.6 is 11.3 Å². The Morgan fingerprint density at radius 3 is 2.86 bits per heavy atom. The second kappa shape index (κ2) is 8.89. The van der Waals surface area contributed by atoms with Crippen molar-refractivity contribution in [2.75, 3.05) is 13.1 Å². The summed E-state index contributed by atoms with van der Waals surface area (Å²) < 4.78 is 32.1. The largest absolute Gasteiger partial charge is 0.467 e. The molecule has 2 atom stereocenters. The molecule has 0 aliphatic carbocycles. The number of sulfonamides is 1. The van der Waals surface area contributed by atoms with Gasteiger partial charge in [-0.3, -0.25) is 9.59 Å². The Labute approximate surface area is 168 Å². The van der Waals surface area contributed by atoms with Crippen LogP contribution in [0.2, 0.25) is 0 Å². The molecule has 1 aliphatic rings. The van der Waals surface area contributed by atoms with Crippen LogP contribution in [-0.2, 0) is 26.2 Å². The maximum absolute atomic E-state index is 12.7. The maximum Gasteiger partial charge on any atom is 0.252 e. The molecule has 1 saturated heterocycles. The fourth-order valence-corrected chi connectivity index (χ4v) is 5.72. The zero-order valence-electron chi connectivity index (χ0n) is 15.5. The van der Waals surface area contributed by atoms with E-state index in [2.05, 4.69) is 10.6 Å². The molecule has 2 amide bonds. The third-order valence-corrected chi connectivity index (χ3v) is 7.85. The molecule has 152 valence electrons. The Balaban J connectivity index is 1.54. The van der Waals surface area contributed by atoms with Crippen LogP contribution in [0.15, 0.2) is 44.5 Å². The van der Waals surface area contributed by atoms with E-state index in [1.165, 1.54) is 10.6 Å². The molecule has 3 rings (SSSR count). The van der Waals surface area contributed by atoms with Crippen molar-refractivity contribution in [1.29, 1.82) is 0 Å². The van der Waals surface area contributed by atoms with Crippen LogP contribution in [0.25, 0.3) is 0 Å². The molecule has 2 unspecified atom stereocenters. The Morgan fingerprint density at radius 2 is 2.18 bits per heavy atom. The second-order valence-corrected chi connectivity index (χ2v) is 9.77. The van der Waals surface area contributed by atoms with E-state index >= 15 is 0 Å². The monoisotopic (exact) mass is 425 g/mol. The number of rotatable bonds is 7. The lowest BCUT2D eigenvalue weighted by atomic mass is 9.98. The van der Waals surface area contributed by atoms with E-state index in [1.807, 2.05) is 0 Å². The number of nitrogens with zero attached hydrogens (tertiary/aromatic N) is 1. The van der Waals surface area contributed by atoms with Gasteiger partial charge in [-0.2, -0.15) is 4.31 Å². The zero-order chi connectivity index (χ0) is 20.1. The van der Waals surface area contributed by atoms with Crippen molar-refractivity contribution in [2.24, 2.45) is 5.92 Å². The topological polar surface area (TPSA) is 109 Å². The van der Waals surface area contributed by atoms with Gasteiger partial charge >= 0.3 is 0 Å². The third kappa shape index (κ3) is 4.81. The van der Waals surface area contributed by atoms with Gasteiger partial charge < -0.3 is 15.1 Å². The first-order valence-electron chi connectivity index (χ1n) is 9.02. The molecule has 8 nitrogen and oxygen atoms in total. The average molecular weight is 426 g/mol. The summed E-state index contributed by atoms with van der Waals surface area (Å²) in [5.74, 6) is -0.507. The van der Waals surface area contributed by atoms with Crippen LogP contribution in [0.3, 0.4) is 0 Å². The van der Waals surface area contributed by atoms with Crippen LogP contribution in [0, 0.1) is 5.92 Å². The summed E-state index contributed by atoms with van der Waals surface area (Å²) >= 11 is 1.16. The first kappa shape index (κ1) is 20.6. The van der Waals surface area contributed by atoms with E-state index in [9.17, 15) is 18.0 Å². The van der Waals surface area contributed by atoms with Gasteiger partial charge in [0.2, 0.25) is 11.8 Å². The van der Waals surface area contributed by atoms with Crippen molar-refractivity contribution >= 4 is 33.2 Å². The zero-order valence-corrected chi connectivity index (χ0v) is 17.1. The van der Waals surface area contributed by atoms with Gasteiger partial charge in [-0.15, -0.1) is 11.3 Å². The molecule has 2 aromatic heterocycles. The minimum absolute atomic E-state index is 0.118. The number of carbonyl (C=O) groups excluding carboxylic acids is 2. The van der Waals surface area contributed by atoms with Crippen LogP contribution in [0.5, 0.6) is 0 Å². The summed E-state index contributed by atoms with van der Waals surface area (Å²) in [6.07, 6.45) is 2.70. The predicted octanol–water partition coefficient (Wildman–Crippen LogP) is 1.56. The SMILES string of the molecule is CC(NC(=O)C1CCCN(S(=O)(=O)c2cccs2)C1)C(=O)NCc1ccco1. The first-order valence-corrected chi connectivity index (χ1v) is 11.3. The van der Waals surface area contributed by atoms with E-state index in [0.717, 1.165) is 11.3 Å². The van der Waals surface area contributed by atoms with Crippen molar-refractivity contribution in [3.05, 3.63) is 41.7 Å². The molecule has 1 fully saturated rings. The number of hydrogen-bond donors (Lipinski definition) is 2. The van der Waals surface area contributed by atoms with Gasteiger partial charge in [-0.1, -0.05) is 6.07 Å². The van der Waals surface area contributed by atoms with Crippen LogP contribution in [0.1, 0.15) is 25.5 Å². The lowest BCUT2D eigenvalue weighted by molar-refractivity contribution is -0.131. The van der Waals surface area contributed by atoms with Crippen LogP contribution in [-0.4, -0.2) is 43.7 Å². The third-order valence-electron chi connectivity index (χ3n) is 4.61. The highest BCUT2D eigenvalue weighted by Crippen LogP contribution is 2.26.